The zero-order valence-electron chi connectivity index (χ0n) is 12.2. The Kier molecular flexibility index (Phi) is 6.19. The molecule has 0 saturated carbocycles. The molecule has 126 valence electrons. The number of carboxylic acids is 1. The average molecular weight is 324 g/mol. The molecule has 0 spiro atoms. The van der Waals surface area contributed by atoms with Crippen molar-refractivity contribution in [2.24, 2.45) is 5.92 Å². The van der Waals surface area contributed by atoms with Gasteiger partial charge in [0, 0.05) is 13.0 Å². The number of alkyl halides is 3. The first-order valence-corrected chi connectivity index (χ1v) is 7.01. The number of unbranched alkanes of at least 4 members (excludes halogenated alkanes) is 1. The van der Waals surface area contributed by atoms with E-state index in [0.717, 1.165) is 6.42 Å². The maximum atomic E-state index is 12.3. The van der Waals surface area contributed by atoms with Gasteiger partial charge >= 0.3 is 12.1 Å². The van der Waals surface area contributed by atoms with Crippen molar-refractivity contribution in [1.29, 1.82) is 0 Å². The van der Waals surface area contributed by atoms with Gasteiger partial charge in [0.2, 0.25) is 11.8 Å². The normalized spacial score (nSPS) is 20.1. The minimum Gasteiger partial charge on any atom is -0.480 e. The van der Waals surface area contributed by atoms with Gasteiger partial charge in [-0.3, -0.25) is 9.59 Å². The van der Waals surface area contributed by atoms with Crippen molar-refractivity contribution in [3.63, 3.8) is 0 Å². The number of hydrogen-bond acceptors (Lipinski definition) is 3. The summed E-state index contributed by atoms with van der Waals surface area (Å²) in [5.41, 5.74) is 0. The summed E-state index contributed by atoms with van der Waals surface area (Å²) in [5, 5.41) is 11.3. The number of rotatable bonds is 7. The van der Waals surface area contributed by atoms with Gasteiger partial charge in [0.25, 0.3) is 0 Å². The molecule has 0 bridgehead atoms. The van der Waals surface area contributed by atoms with E-state index < -0.39 is 42.5 Å². The minimum absolute atomic E-state index is 0.241. The zero-order valence-corrected chi connectivity index (χ0v) is 12.2. The molecular weight excluding hydrogens is 305 g/mol. The number of carboxylic acid groups (broad SMARTS) is 1. The molecule has 0 aromatic heterocycles. The lowest BCUT2D eigenvalue weighted by atomic mass is 10.1. The van der Waals surface area contributed by atoms with Crippen LogP contribution in [0.1, 0.15) is 32.6 Å². The Balaban J connectivity index is 2.59. The Bertz CT molecular complexity index is 439. The van der Waals surface area contributed by atoms with Crippen LogP contribution in [-0.4, -0.2) is 53.1 Å². The summed E-state index contributed by atoms with van der Waals surface area (Å²) in [7, 11) is 0. The monoisotopic (exact) mass is 324 g/mol. The predicted molar refractivity (Wildman–Crippen MR) is 69.8 cm³/mol. The van der Waals surface area contributed by atoms with Gasteiger partial charge in [-0.1, -0.05) is 19.8 Å². The molecule has 1 unspecified atom stereocenters. The molecule has 1 aliphatic heterocycles. The van der Waals surface area contributed by atoms with Crippen LogP contribution in [0.15, 0.2) is 0 Å². The van der Waals surface area contributed by atoms with Gasteiger partial charge in [-0.15, -0.1) is 0 Å². The van der Waals surface area contributed by atoms with E-state index in [4.69, 9.17) is 5.11 Å². The highest BCUT2D eigenvalue weighted by Crippen LogP contribution is 2.24. The van der Waals surface area contributed by atoms with Crippen LogP contribution in [0.2, 0.25) is 0 Å². The number of carbonyl (C=O) groups is 3. The molecule has 0 radical (unpaired) electrons. The maximum Gasteiger partial charge on any atom is 0.406 e. The van der Waals surface area contributed by atoms with E-state index in [2.05, 4.69) is 5.32 Å². The Labute approximate surface area is 125 Å². The molecule has 1 fully saturated rings. The number of halogens is 3. The number of carbonyl (C=O) groups excluding carboxylic acids is 2. The van der Waals surface area contributed by atoms with Gasteiger partial charge in [0.1, 0.15) is 12.6 Å². The van der Waals surface area contributed by atoms with Crippen LogP contribution < -0.4 is 5.32 Å². The van der Waals surface area contributed by atoms with Crippen LogP contribution in [0, 0.1) is 5.92 Å². The van der Waals surface area contributed by atoms with Crippen molar-refractivity contribution in [1.82, 2.24) is 10.2 Å². The van der Waals surface area contributed by atoms with E-state index in [1.807, 2.05) is 6.92 Å². The lowest BCUT2D eigenvalue weighted by molar-refractivity contribution is -0.157. The third kappa shape index (κ3) is 5.53. The van der Waals surface area contributed by atoms with Crippen LogP contribution in [0.25, 0.3) is 0 Å². The van der Waals surface area contributed by atoms with Crippen LogP contribution >= 0.6 is 0 Å². The molecule has 2 amide bonds. The Morgan fingerprint density at radius 1 is 1.45 bits per heavy atom. The minimum atomic E-state index is -4.52. The Morgan fingerprint density at radius 3 is 2.59 bits per heavy atom. The SMILES string of the molecule is CCCC[C@H](NC(=O)C1CC(=O)N(CC(F)(F)F)C1)C(=O)O. The maximum absolute atomic E-state index is 12.3. The first-order chi connectivity index (χ1) is 10.1. The lowest BCUT2D eigenvalue weighted by Crippen LogP contribution is -2.44. The summed E-state index contributed by atoms with van der Waals surface area (Å²) in [6.45, 7) is 0.128. The first-order valence-electron chi connectivity index (χ1n) is 7.01. The van der Waals surface area contributed by atoms with Crippen LogP contribution in [-0.2, 0) is 14.4 Å². The van der Waals surface area contributed by atoms with Crippen molar-refractivity contribution in [2.45, 2.75) is 44.8 Å². The van der Waals surface area contributed by atoms with E-state index in [1.165, 1.54) is 0 Å². The van der Waals surface area contributed by atoms with E-state index in [9.17, 15) is 27.6 Å². The average Bonchev–Trinajstić information content (AvgIpc) is 2.73. The molecule has 1 heterocycles. The largest absolute Gasteiger partial charge is 0.480 e. The molecule has 22 heavy (non-hydrogen) atoms. The number of amides is 2. The zero-order chi connectivity index (χ0) is 16.9. The fourth-order valence-corrected chi connectivity index (χ4v) is 2.27. The van der Waals surface area contributed by atoms with Crippen LogP contribution in [0.3, 0.4) is 0 Å². The topological polar surface area (TPSA) is 86.7 Å². The predicted octanol–water partition coefficient (Wildman–Crippen LogP) is 1.16. The molecule has 2 N–H and O–H groups in total. The molecule has 0 aromatic carbocycles. The summed E-state index contributed by atoms with van der Waals surface area (Å²) in [5.74, 6) is -3.59. The van der Waals surface area contributed by atoms with E-state index in [0.29, 0.717) is 11.3 Å². The molecule has 1 saturated heterocycles. The van der Waals surface area contributed by atoms with Crippen molar-refractivity contribution >= 4 is 17.8 Å². The molecule has 2 atom stereocenters. The molecule has 1 aliphatic rings. The van der Waals surface area contributed by atoms with Crippen LogP contribution in [0.5, 0.6) is 0 Å². The van der Waals surface area contributed by atoms with Gasteiger partial charge in [0.15, 0.2) is 0 Å². The van der Waals surface area contributed by atoms with Crippen molar-refractivity contribution in [2.75, 3.05) is 13.1 Å². The van der Waals surface area contributed by atoms with Gasteiger partial charge in [0.05, 0.1) is 5.92 Å². The molecule has 9 heteroatoms. The number of nitrogens with one attached hydrogen (secondary N) is 1. The number of likely N-dealkylation sites (tertiary alicyclic amines) is 1. The standard InChI is InChI=1S/C13H19F3N2O4/c1-2-3-4-9(12(21)22)17-11(20)8-5-10(19)18(6-8)7-13(14,15)16/h8-9H,2-7H2,1H3,(H,17,20)(H,21,22)/t8?,9-/m0/s1. The third-order valence-electron chi connectivity index (χ3n) is 3.42. The fourth-order valence-electron chi connectivity index (χ4n) is 2.27. The summed E-state index contributed by atoms with van der Waals surface area (Å²) < 4.78 is 36.9. The van der Waals surface area contributed by atoms with E-state index >= 15 is 0 Å². The molecule has 0 aliphatic carbocycles. The number of hydrogen-bond donors (Lipinski definition) is 2. The molecule has 0 aromatic rings. The lowest BCUT2D eigenvalue weighted by Gasteiger charge is -2.19. The highest BCUT2D eigenvalue weighted by molar-refractivity contribution is 5.91. The summed E-state index contributed by atoms with van der Waals surface area (Å²) in [4.78, 5) is 35.0. The van der Waals surface area contributed by atoms with Gasteiger partial charge < -0.3 is 15.3 Å². The molecule has 1 rings (SSSR count). The van der Waals surface area contributed by atoms with Gasteiger partial charge in [-0.2, -0.15) is 13.2 Å². The quantitative estimate of drug-likeness (QED) is 0.736. The van der Waals surface area contributed by atoms with Gasteiger partial charge in [-0.05, 0) is 6.42 Å². The Hall–Kier alpha value is -1.80. The Morgan fingerprint density at radius 2 is 2.09 bits per heavy atom. The summed E-state index contributed by atoms with van der Waals surface area (Å²) in [6.07, 6.45) is -3.26. The molecular formula is C13H19F3N2O4. The first kappa shape index (κ1) is 18.2. The third-order valence-corrected chi connectivity index (χ3v) is 3.42. The van der Waals surface area contributed by atoms with Crippen molar-refractivity contribution in [3.8, 4) is 0 Å². The van der Waals surface area contributed by atoms with E-state index in [1.54, 1.807) is 0 Å². The second kappa shape index (κ2) is 7.46. The molecule has 6 nitrogen and oxygen atoms in total. The number of nitrogens with zero attached hydrogens (tertiary/aromatic N) is 1. The smallest absolute Gasteiger partial charge is 0.406 e. The van der Waals surface area contributed by atoms with Crippen molar-refractivity contribution < 1.29 is 32.7 Å². The summed E-state index contributed by atoms with van der Waals surface area (Å²) >= 11 is 0. The number of aliphatic carboxylic acids is 1. The highest BCUT2D eigenvalue weighted by atomic mass is 19.4. The second-order valence-electron chi connectivity index (χ2n) is 5.33. The summed E-state index contributed by atoms with van der Waals surface area (Å²) in [6, 6.07) is -1.08. The highest BCUT2D eigenvalue weighted by Gasteiger charge is 2.41. The second-order valence-corrected chi connectivity index (χ2v) is 5.33. The van der Waals surface area contributed by atoms with Gasteiger partial charge in [-0.25, -0.2) is 4.79 Å². The fraction of sp³-hybridized carbons (Fsp3) is 0.769. The van der Waals surface area contributed by atoms with Crippen molar-refractivity contribution in [3.05, 3.63) is 0 Å². The van der Waals surface area contributed by atoms with Crippen LogP contribution in [0.4, 0.5) is 13.2 Å². The van der Waals surface area contributed by atoms with E-state index in [-0.39, 0.29) is 19.4 Å².